The van der Waals surface area contributed by atoms with Crippen LogP contribution in [-0.2, 0) is 13.0 Å². The van der Waals surface area contributed by atoms with Crippen molar-refractivity contribution in [2.45, 2.75) is 33.7 Å². The van der Waals surface area contributed by atoms with Gasteiger partial charge in [0, 0.05) is 18.7 Å². The van der Waals surface area contributed by atoms with Gasteiger partial charge in [0.05, 0.1) is 22.2 Å². The molecule has 7 heteroatoms. The lowest BCUT2D eigenvalue weighted by Gasteiger charge is -2.23. The minimum atomic E-state index is -0.125. The average Bonchev–Trinajstić information content (AvgIpc) is 3.32. The van der Waals surface area contributed by atoms with Gasteiger partial charge in [0.15, 0.2) is 5.82 Å². The fourth-order valence-corrected chi connectivity index (χ4v) is 4.76. The fourth-order valence-electron chi connectivity index (χ4n) is 3.54. The average molecular weight is 474 g/mol. The molecule has 1 aliphatic heterocycles. The van der Waals surface area contributed by atoms with Crippen LogP contribution in [0.15, 0.2) is 34.1 Å². The summed E-state index contributed by atoms with van der Waals surface area (Å²) in [5.74, 6) is 1.17. The van der Waals surface area contributed by atoms with E-state index in [1.807, 2.05) is 11.4 Å². The molecule has 1 aliphatic rings. The highest BCUT2D eigenvalue weighted by Crippen LogP contribution is 2.42. The van der Waals surface area contributed by atoms with Crippen LogP contribution in [0, 0.1) is 5.41 Å². The summed E-state index contributed by atoms with van der Waals surface area (Å²) >= 11 is 5.25. The molecule has 2 aromatic heterocycles. The van der Waals surface area contributed by atoms with Crippen LogP contribution >= 0.6 is 27.3 Å². The van der Waals surface area contributed by atoms with Gasteiger partial charge < -0.3 is 14.6 Å². The molecule has 0 spiro atoms. The number of carbonyl (C=O) groups excluding carboxylic acids is 1. The molecule has 4 rings (SSSR count). The SMILES string of the molecule is COc1cc2c(cc1Br)-c1c(-c3cccs3)nc(C(=O)NCC(C)(C)C)n1CC2. The molecular weight excluding hydrogens is 450 g/mol. The summed E-state index contributed by atoms with van der Waals surface area (Å²) in [5, 5.41) is 5.09. The van der Waals surface area contributed by atoms with Gasteiger partial charge in [0.1, 0.15) is 11.4 Å². The Morgan fingerprint density at radius 3 is 2.83 bits per heavy atom. The topological polar surface area (TPSA) is 56.1 Å². The predicted molar refractivity (Wildman–Crippen MR) is 121 cm³/mol. The first kappa shape index (κ1) is 20.2. The number of thiophene rings is 1. The molecule has 1 aromatic carbocycles. The summed E-state index contributed by atoms with van der Waals surface area (Å²) in [4.78, 5) is 18.9. The Morgan fingerprint density at radius 2 is 2.17 bits per heavy atom. The number of rotatable bonds is 4. The molecular formula is C22H24BrN3O2S. The lowest BCUT2D eigenvalue weighted by Crippen LogP contribution is -2.34. The summed E-state index contributed by atoms with van der Waals surface area (Å²) in [5.41, 5.74) is 4.17. The summed E-state index contributed by atoms with van der Waals surface area (Å²) in [6.45, 7) is 7.62. The van der Waals surface area contributed by atoms with Crippen molar-refractivity contribution in [3.63, 3.8) is 0 Å². The van der Waals surface area contributed by atoms with Gasteiger partial charge in [-0.2, -0.15) is 0 Å². The molecule has 152 valence electrons. The number of halogens is 1. The first-order valence-corrected chi connectivity index (χ1v) is 11.2. The number of methoxy groups -OCH3 is 1. The number of nitrogens with one attached hydrogen (secondary N) is 1. The Morgan fingerprint density at radius 1 is 1.38 bits per heavy atom. The molecule has 0 radical (unpaired) electrons. The molecule has 3 aromatic rings. The number of fused-ring (bicyclic) bond motifs is 3. The number of hydrogen-bond acceptors (Lipinski definition) is 4. The van der Waals surface area contributed by atoms with E-state index in [0.717, 1.165) is 38.5 Å². The van der Waals surface area contributed by atoms with Gasteiger partial charge in [-0.15, -0.1) is 11.3 Å². The third kappa shape index (κ3) is 3.85. The Labute approximate surface area is 183 Å². The lowest BCUT2D eigenvalue weighted by atomic mass is 9.96. The summed E-state index contributed by atoms with van der Waals surface area (Å²) in [6, 6.07) is 8.22. The second-order valence-electron chi connectivity index (χ2n) is 8.40. The number of imidazole rings is 1. The van der Waals surface area contributed by atoms with Crippen LogP contribution in [0.4, 0.5) is 0 Å². The predicted octanol–water partition coefficient (Wildman–Crippen LogP) is 5.38. The van der Waals surface area contributed by atoms with Crippen molar-refractivity contribution in [1.82, 2.24) is 14.9 Å². The highest BCUT2D eigenvalue weighted by atomic mass is 79.9. The zero-order chi connectivity index (χ0) is 20.8. The Kier molecular flexibility index (Phi) is 5.29. The van der Waals surface area contributed by atoms with Crippen molar-refractivity contribution >= 4 is 33.2 Å². The molecule has 0 unspecified atom stereocenters. The van der Waals surface area contributed by atoms with Crippen LogP contribution in [0.3, 0.4) is 0 Å². The van der Waals surface area contributed by atoms with Crippen LogP contribution in [0.25, 0.3) is 21.8 Å². The van der Waals surface area contributed by atoms with Crippen LogP contribution in [-0.4, -0.2) is 29.1 Å². The van der Waals surface area contributed by atoms with E-state index in [1.165, 1.54) is 5.56 Å². The maximum absolute atomic E-state index is 13.0. The molecule has 0 saturated heterocycles. The molecule has 0 aliphatic carbocycles. The Bertz CT molecular complexity index is 1060. The molecule has 0 fully saturated rings. The number of carbonyl (C=O) groups is 1. The van der Waals surface area contributed by atoms with Crippen molar-refractivity contribution in [3.8, 4) is 27.6 Å². The van der Waals surface area contributed by atoms with Gasteiger partial charge in [0.25, 0.3) is 5.91 Å². The summed E-state index contributed by atoms with van der Waals surface area (Å²) < 4.78 is 8.43. The monoisotopic (exact) mass is 473 g/mol. The van der Waals surface area contributed by atoms with E-state index < -0.39 is 0 Å². The molecule has 3 heterocycles. The molecule has 1 amide bonds. The van der Waals surface area contributed by atoms with E-state index in [4.69, 9.17) is 9.72 Å². The zero-order valence-electron chi connectivity index (χ0n) is 17.0. The smallest absolute Gasteiger partial charge is 0.287 e. The quantitative estimate of drug-likeness (QED) is 0.552. The Balaban J connectivity index is 1.85. The van der Waals surface area contributed by atoms with Crippen LogP contribution in [0.1, 0.15) is 37.0 Å². The number of aromatic nitrogens is 2. The normalized spacial score (nSPS) is 13.0. The maximum Gasteiger partial charge on any atom is 0.287 e. The molecule has 0 bridgehead atoms. The number of ether oxygens (including phenoxy) is 1. The highest BCUT2D eigenvalue weighted by Gasteiger charge is 2.29. The molecule has 0 saturated carbocycles. The largest absolute Gasteiger partial charge is 0.496 e. The van der Waals surface area contributed by atoms with Crippen molar-refractivity contribution in [2.75, 3.05) is 13.7 Å². The highest BCUT2D eigenvalue weighted by molar-refractivity contribution is 9.10. The van der Waals surface area contributed by atoms with E-state index >= 15 is 0 Å². The van der Waals surface area contributed by atoms with Crippen LogP contribution in [0.5, 0.6) is 5.75 Å². The molecule has 5 nitrogen and oxygen atoms in total. The van der Waals surface area contributed by atoms with Gasteiger partial charge in [-0.1, -0.05) is 26.8 Å². The van der Waals surface area contributed by atoms with Crippen LogP contribution < -0.4 is 10.1 Å². The first-order chi connectivity index (χ1) is 13.8. The van der Waals surface area contributed by atoms with Crippen molar-refractivity contribution in [3.05, 3.63) is 45.5 Å². The van der Waals surface area contributed by atoms with Gasteiger partial charge in [-0.3, -0.25) is 4.79 Å². The van der Waals surface area contributed by atoms with Gasteiger partial charge in [0.2, 0.25) is 0 Å². The van der Waals surface area contributed by atoms with Crippen molar-refractivity contribution in [2.24, 2.45) is 5.41 Å². The number of benzene rings is 1. The van der Waals surface area contributed by atoms with Gasteiger partial charge >= 0.3 is 0 Å². The fraction of sp³-hybridized carbons (Fsp3) is 0.364. The lowest BCUT2D eigenvalue weighted by molar-refractivity contribution is 0.0924. The minimum absolute atomic E-state index is 0.0115. The number of hydrogen-bond donors (Lipinski definition) is 1. The summed E-state index contributed by atoms with van der Waals surface area (Å²) in [7, 11) is 1.67. The third-order valence-corrected chi connectivity index (χ3v) is 6.44. The number of amides is 1. The molecule has 29 heavy (non-hydrogen) atoms. The van der Waals surface area contributed by atoms with E-state index in [2.05, 4.69) is 64.8 Å². The standard InChI is InChI=1S/C22H24BrN3O2S/c1-22(2,3)12-24-21(27)20-25-18(17-6-5-9-29-17)19-14-11-15(23)16(28-4)10-13(14)7-8-26(19)20/h5-6,9-11H,7-8,12H2,1-4H3,(H,24,27). The van der Waals surface area contributed by atoms with Gasteiger partial charge in [-0.25, -0.2) is 4.98 Å². The van der Waals surface area contributed by atoms with E-state index in [1.54, 1.807) is 18.4 Å². The maximum atomic E-state index is 13.0. The second kappa shape index (κ2) is 7.61. The Hall–Kier alpha value is -2.12. The zero-order valence-corrected chi connectivity index (χ0v) is 19.4. The van der Waals surface area contributed by atoms with Crippen molar-refractivity contribution in [1.29, 1.82) is 0 Å². The number of aryl methyl sites for hydroxylation is 1. The number of nitrogens with zero attached hydrogens (tertiary/aromatic N) is 2. The second-order valence-corrected chi connectivity index (χ2v) is 10.2. The van der Waals surface area contributed by atoms with Gasteiger partial charge in [-0.05, 0) is 56.9 Å². The van der Waals surface area contributed by atoms with Crippen LogP contribution in [0.2, 0.25) is 0 Å². The minimum Gasteiger partial charge on any atom is -0.496 e. The first-order valence-electron chi connectivity index (χ1n) is 9.58. The van der Waals surface area contributed by atoms with E-state index in [-0.39, 0.29) is 11.3 Å². The van der Waals surface area contributed by atoms with E-state index in [0.29, 0.717) is 18.9 Å². The van der Waals surface area contributed by atoms with Crippen molar-refractivity contribution < 1.29 is 9.53 Å². The molecule has 0 atom stereocenters. The molecule has 1 N–H and O–H groups in total. The third-order valence-electron chi connectivity index (χ3n) is 4.94. The summed E-state index contributed by atoms with van der Waals surface area (Å²) in [6.07, 6.45) is 0.825. The van der Waals surface area contributed by atoms with E-state index in [9.17, 15) is 4.79 Å².